The number of hydrogen-bond acceptors (Lipinski definition) is 11. The summed E-state index contributed by atoms with van der Waals surface area (Å²) < 4.78 is 12.2. The first kappa shape index (κ1) is 41.1. The van der Waals surface area contributed by atoms with Gasteiger partial charge >= 0.3 is 5.69 Å². The molecule has 4 bridgehead atoms. The maximum atomic E-state index is 14.4. The average Bonchev–Trinajstić information content (AvgIpc) is 3.61. The van der Waals surface area contributed by atoms with E-state index < -0.39 is 53.5 Å². The van der Waals surface area contributed by atoms with Crippen LogP contribution in [0.25, 0.3) is 11.1 Å². The monoisotopic (exact) mass is 770 g/mol. The molecular weight excluding hydrogens is 720 g/mol. The SMILES string of the molecule is Cc1ccc(C(=O)N[C@@H](CCN)C(=O)N(C)[C@@H]2C(=O)N[C@@H](C)C(=O)N[C@H](c3n[nH]c(=O)[nH]3)Cc3ccc(OCCN)c(c3)-c3cc2ccc3OCCN)c(C)c1. The predicted octanol–water partition coefficient (Wildman–Crippen LogP) is 0.622. The van der Waals surface area contributed by atoms with Gasteiger partial charge in [-0.1, -0.05) is 29.8 Å². The Morgan fingerprint density at radius 3 is 2.20 bits per heavy atom. The molecule has 298 valence electrons. The number of amides is 4. The van der Waals surface area contributed by atoms with Gasteiger partial charge in [-0.3, -0.25) is 24.2 Å². The fraction of sp³-hybridized carbons (Fsp3) is 0.385. The lowest BCUT2D eigenvalue weighted by Gasteiger charge is -2.32. The van der Waals surface area contributed by atoms with Crippen LogP contribution in [0, 0.1) is 13.8 Å². The molecule has 3 aromatic carbocycles. The van der Waals surface area contributed by atoms with Crippen LogP contribution in [0.5, 0.6) is 11.5 Å². The number of benzene rings is 3. The minimum Gasteiger partial charge on any atom is -0.492 e. The van der Waals surface area contributed by atoms with Gasteiger partial charge in [0, 0.05) is 36.8 Å². The number of aromatic amines is 2. The summed E-state index contributed by atoms with van der Waals surface area (Å²) in [6.07, 6.45) is 0.266. The number of hydrogen-bond donors (Lipinski definition) is 8. The number of H-pyrrole nitrogens is 2. The Kier molecular flexibility index (Phi) is 13.6. The van der Waals surface area contributed by atoms with E-state index in [0.717, 1.165) is 16.7 Å². The summed E-state index contributed by atoms with van der Waals surface area (Å²) in [7, 11) is 1.45. The van der Waals surface area contributed by atoms with Crippen LogP contribution in [0.3, 0.4) is 0 Å². The van der Waals surface area contributed by atoms with E-state index in [9.17, 15) is 24.0 Å². The molecule has 4 amide bonds. The van der Waals surface area contributed by atoms with Gasteiger partial charge in [-0.25, -0.2) is 9.89 Å². The van der Waals surface area contributed by atoms with Crippen molar-refractivity contribution in [3.05, 3.63) is 98.7 Å². The van der Waals surface area contributed by atoms with Crippen LogP contribution < -0.4 is 48.3 Å². The Morgan fingerprint density at radius 2 is 1.57 bits per heavy atom. The van der Waals surface area contributed by atoms with Crippen LogP contribution in [-0.2, 0) is 20.8 Å². The summed E-state index contributed by atoms with van der Waals surface area (Å²) >= 11 is 0. The molecular formula is C39H50N10O7. The highest BCUT2D eigenvalue weighted by molar-refractivity contribution is 6.00. The molecule has 0 radical (unpaired) electrons. The second-order valence-electron chi connectivity index (χ2n) is 13.7. The van der Waals surface area contributed by atoms with Crippen molar-refractivity contribution in [3.63, 3.8) is 0 Å². The van der Waals surface area contributed by atoms with E-state index in [0.29, 0.717) is 33.8 Å². The number of nitrogens with zero attached hydrogens (tertiary/aromatic N) is 2. The fourth-order valence-corrected chi connectivity index (χ4v) is 6.64. The first-order valence-corrected chi connectivity index (χ1v) is 18.4. The van der Waals surface area contributed by atoms with Crippen molar-refractivity contribution < 1.29 is 28.7 Å². The van der Waals surface area contributed by atoms with Crippen LogP contribution in [0.4, 0.5) is 0 Å². The number of nitrogens with one attached hydrogen (secondary N) is 5. The lowest BCUT2D eigenvalue weighted by Crippen LogP contribution is -2.54. The number of ether oxygens (including phenoxy) is 2. The molecule has 17 heteroatoms. The Bertz CT molecular complexity index is 2120. The van der Waals surface area contributed by atoms with Gasteiger partial charge in [0.2, 0.25) is 17.7 Å². The smallest absolute Gasteiger partial charge is 0.340 e. The van der Waals surface area contributed by atoms with Crippen molar-refractivity contribution in [1.29, 1.82) is 0 Å². The molecule has 0 aliphatic carbocycles. The second-order valence-corrected chi connectivity index (χ2v) is 13.7. The van der Waals surface area contributed by atoms with Gasteiger partial charge in [0.25, 0.3) is 5.91 Å². The zero-order chi connectivity index (χ0) is 40.5. The Hall–Kier alpha value is -6.04. The van der Waals surface area contributed by atoms with Gasteiger partial charge < -0.3 is 47.5 Å². The van der Waals surface area contributed by atoms with Crippen molar-refractivity contribution in [1.82, 2.24) is 36.0 Å². The van der Waals surface area contributed by atoms with Gasteiger partial charge in [-0.15, -0.1) is 0 Å². The summed E-state index contributed by atoms with van der Waals surface area (Å²) in [6, 6.07) is 11.5. The highest BCUT2D eigenvalue weighted by atomic mass is 16.5. The number of rotatable bonds is 13. The summed E-state index contributed by atoms with van der Waals surface area (Å²) in [4.78, 5) is 72.0. The molecule has 0 fully saturated rings. The Labute approximate surface area is 324 Å². The number of aryl methyl sites for hydroxylation is 2. The van der Waals surface area contributed by atoms with E-state index in [1.807, 2.05) is 38.1 Å². The van der Waals surface area contributed by atoms with Gasteiger partial charge in [-0.05, 0) is 87.2 Å². The molecule has 0 saturated heterocycles. The van der Waals surface area contributed by atoms with Gasteiger partial charge in [0.15, 0.2) is 5.82 Å². The van der Waals surface area contributed by atoms with Crippen molar-refractivity contribution in [2.45, 2.75) is 57.8 Å². The van der Waals surface area contributed by atoms with Crippen LogP contribution in [-0.4, -0.2) is 95.7 Å². The van der Waals surface area contributed by atoms with E-state index in [1.54, 1.807) is 30.3 Å². The van der Waals surface area contributed by atoms with E-state index >= 15 is 0 Å². The molecule has 2 heterocycles. The molecule has 1 aliphatic heterocycles. The summed E-state index contributed by atoms with van der Waals surface area (Å²) in [5.74, 6) is -1.28. The molecule has 4 aromatic rings. The fourth-order valence-electron chi connectivity index (χ4n) is 6.64. The molecule has 5 rings (SSSR count). The third kappa shape index (κ3) is 9.60. The number of likely N-dealkylation sites (N-methyl/N-ethyl adjacent to an activating group) is 1. The molecule has 56 heavy (non-hydrogen) atoms. The number of fused-ring (bicyclic) bond motifs is 5. The zero-order valence-corrected chi connectivity index (χ0v) is 31.9. The maximum Gasteiger partial charge on any atom is 0.340 e. The Balaban J connectivity index is 1.64. The standard InChI is InChI=1S/C39H50N10O7/c1-21-5-8-26(22(2)17-21)36(51)44-29(11-12-40)38(53)49(4)33-25-7-10-32(56-16-14-42)28(20-25)27-18-24(6-9-31(27)55-15-13-41)19-30(34-46-39(54)48-47-34)45-35(50)23(3)43-37(33)52/h5-10,17-18,20,23,29-30,33H,11-16,19,40-42H2,1-4H3,(H,43,52)(H,44,51)(H,45,50)(H2,46,47,48,54)/t23-,29-,30-,33-/m0/s1. The third-order valence-corrected chi connectivity index (χ3v) is 9.43. The molecule has 11 N–H and O–H groups in total. The number of aromatic nitrogens is 3. The maximum absolute atomic E-state index is 14.4. The predicted molar refractivity (Wildman–Crippen MR) is 209 cm³/mol. The lowest BCUT2D eigenvalue weighted by molar-refractivity contribution is -0.141. The van der Waals surface area contributed by atoms with Crippen LogP contribution in [0.2, 0.25) is 0 Å². The lowest BCUT2D eigenvalue weighted by atomic mass is 9.93. The first-order chi connectivity index (χ1) is 26.8. The van der Waals surface area contributed by atoms with Gasteiger partial charge in [0.05, 0.1) is 6.04 Å². The highest BCUT2D eigenvalue weighted by Gasteiger charge is 2.36. The van der Waals surface area contributed by atoms with Crippen LogP contribution in [0.1, 0.15) is 63.9 Å². The van der Waals surface area contributed by atoms with E-state index in [4.69, 9.17) is 26.7 Å². The molecule has 17 nitrogen and oxygen atoms in total. The minimum absolute atomic E-state index is 0.0627. The van der Waals surface area contributed by atoms with E-state index in [2.05, 4.69) is 31.1 Å². The van der Waals surface area contributed by atoms with Gasteiger partial charge in [-0.2, -0.15) is 5.10 Å². The minimum atomic E-state index is -1.32. The third-order valence-electron chi connectivity index (χ3n) is 9.43. The quantitative estimate of drug-likeness (QED) is 0.0934. The molecule has 0 spiro atoms. The number of carbonyl (C=O) groups is 4. The van der Waals surface area contributed by atoms with E-state index in [-0.39, 0.29) is 51.5 Å². The first-order valence-electron chi connectivity index (χ1n) is 18.4. The molecule has 0 unspecified atom stereocenters. The molecule has 1 aromatic heterocycles. The summed E-state index contributed by atoms with van der Waals surface area (Å²) in [5.41, 5.74) is 21.3. The van der Waals surface area contributed by atoms with Crippen molar-refractivity contribution in [2.24, 2.45) is 17.2 Å². The molecule has 1 aliphatic rings. The van der Waals surface area contributed by atoms with E-state index in [1.165, 1.54) is 18.9 Å². The summed E-state index contributed by atoms with van der Waals surface area (Å²) in [5, 5.41) is 14.9. The van der Waals surface area contributed by atoms with Crippen LogP contribution in [0.15, 0.2) is 59.4 Å². The molecule has 4 atom stereocenters. The number of nitrogens with two attached hydrogens (primary N) is 3. The number of carbonyl (C=O) groups excluding carboxylic acids is 4. The zero-order valence-electron chi connectivity index (χ0n) is 31.9. The van der Waals surface area contributed by atoms with Gasteiger partial charge in [0.1, 0.15) is 42.8 Å². The normalized spacial score (nSPS) is 17.5. The summed E-state index contributed by atoms with van der Waals surface area (Å²) in [6.45, 7) is 6.10. The average molecular weight is 771 g/mol. The second kappa shape index (κ2) is 18.5. The highest BCUT2D eigenvalue weighted by Crippen LogP contribution is 2.40. The van der Waals surface area contributed by atoms with Crippen molar-refractivity contribution >= 4 is 23.6 Å². The topological polar surface area (TPSA) is 266 Å². The molecule has 0 saturated carbocycles. The largest absolute Gasteiger partial charge is 0.492 e. The Morgan fingerprint density at radius 1 is 0.893 bits per heavy atom. The van der Waals surface area contributed by atoms with Crippen LogP contribution >= 0.6 is 0 Å². The van der Waals surface area contributed by atoms with Crippen molar-refractivity contribution in [3.8, 4) is 22.6 Å². The van der Waals surface area contributed by atoms with Crippen molar-refractivity contribution in [2.75, 3.05) is 39.9 Å².